The Balaban J connectivity index is 1.41. The van der Waals surface area contributed by atoms with E-state index in [4.69, 9.17) is 0 Å². The molecular weight excluding hydrogens is 344 g/mol. The van der Waals surface area contributed by atoms with Crippen LogP contribution in [0.3, 0.4) is 0 Å². The number of aliphatic hydroxyl groups is 1. The summed E-state index contributed by atoms with van der Waals surface area (Å²) in [6, 6.07) is 9.94. The number of amides is 3. The van der Waals surface area contributed by atoms with Gasteiger partial charge >= 0.3 is 6.03 Å². The number of hydrogen-bond donors (Lipinski definition) is 3. The van der Waals surface area contributed by atoms with Crippen LogP contribution in [0.2, 0.25) is 0 Å². The highest BCUT2D eigenvalue weighted by molar-refractivity contribution is 5.79. The van der Waals surface area contributed by atoms with Gasteiger partial charge in [0.1, 0.15) is 0 Å². The molecule has 1 aromatic rings. The average molecular weight is 374 g/mol. The summed E-state index contributed by atoms with van der Waals surface area (Å²) < 4.78 is 0. The van der Waals surface area contributed by atoms with E-state index in [9.17, 15) is 14.7 Å². The summed E-state index contributed by atoms with van der Waals surface area (Å²) in [6.07, 6.45) is 0.981. The minimum absolute atomic E-state index is 0.0119. The van der Waals surface area contributed by atoms with Crippen LogP contribution in [0.5, 0.6) is 0 Å². The molecule has 1 aromatic carbocycles. The van der Waals surface area contributed by atoms with Crippen molar-refractivity contribution in [3.63, 3.8) is 0 Å². The fourth-order valence-corrected chi connectivity index (χ4v) is 3.80. The van der Waals surface area contributed by atoms with E-state index in [1.165, 1.54) is 0 Å². The first-order valence-electron chi connectivity index (χ1n) is 9.75. The average Bonchev–Trinajstić information content (AvgIpc) is 3.11. The molecule has 0 aromatic heterocycles. The van der Waals surface area contributed by atoms with Gasteiger partial charge in [0.05, 0.1) is 6.10 Å². The molecule has 2 fully saturated rings. The third-order valence-corrected chi connectivity index (χ3v) is 5.57. The van der Waals surface area contributed by atoms with Gasteiger partial charge in [-0.15, -0.1) is 0 Å². The van der Waals surface area contributed by atoms with Gasteiger partial charge in [0, 0.05) is 58.2 Å². The predicted octanol–water partition coefficient (Wildman–Crippen LogP) is 0.647. The molecule has 2 aliphatic heterocycles. The van der Waals surface area contributed by atoms with Crippen LogP contribution in [0.15, 0.2) is 30.3 Å². The van der Waals surface area contributed by atoms with Crippen molar-refractivity contribution < 1.29 is 14.7 Å². The van der Waals surface area contributed by atoms with Crippen LogP contribution in [0.1, 0.15) is 18.4 Å². The molecule has 2 aliphatic rings. The maximum absolute atomic E-state index is 12.6. The Morgan fingerprint density at radius 1 is 1.22 bits per heavy atom. The maximum atomic E-state index is 12.6. The summed E-state index contributed by atoms with van der Waals surface area (Å²) in [5.74, 6) is 0.0704. The zero-order valence-electron chi connectivity index (χ0n) is 15.9. The summed E-state index contributed by atoms with van der Waals surface area (Å²) in [5.41, 5.74) is 1.10. The largest absolute Gasteiger partial charge is 0.391 e. The fourth-order valence-electron chi connectivity index (χ4n) is 3.80. The Kier molecular flexibility index (Phi) is 6.68. The first kappa shape index (κ1) is 19.6. The number of carbonyl (C=O) groups excluding carboxylic acids is 2. The molecule has 0 bridgehead atoms. The van der Waals surface area contributed by atoms with Crippen molar-refractivity contribution >= 4 is 11.9 Å². The maximum Gasteiger partial charge on any atom is 0.320 e. The zero-order valence-corrected chi connectivity index (χ0v) is 15.9. The van der Waals surface area contributed by atoms with Crippen molar-refractivity contribution in [3.05, 3.63) is 35.9 Å². The number of aliphatic hydroxyl groups excluding tert-OH is 1. The van der Waals surface area contributed by atoms with Gasteiger partial charge in [-0.1, -0.05) is 30.3 Å². The number of hydrogen-bond acceptors (Lipinski definition) is 4. The van der Waals surface area contributed by atoms with Crippen molar-refractivity contribution in [2.75, 3.05) is 39.8 Å². The van der Waals surface area contributed by atoms with Crippen LogP contribution >= 0.6 is 0 Å². The van der Waals surface area contributed by atoms with Crippen molar-refractivity contribution in [2.24, 2.45) is 11.8 Å². The molecule has 0 spiro atoms. The van der Waals surface area contributed by atoms with Crippen LogP contribution in [0.4, 0.5) is 4.79 Å². The zero-order chi connectivity index (χ0) is 19.2. The normalized spacial score (nSPS) is 23.3. The summed E-state index contributed by atoms with van der Waals surface area (Å²) in [7, 11) is 1.81. The highest BCUT2D eigenvalue weighted by atomic mass is 16.3. The van der Waals surface area contributed by atoms with E-state index < -0.39 is 0 Å². The smallest absolute Gasteiger partial charge is 0.320 e. The molecule has 0 radical (unpaired) electrons. The third-order valence-electron chi connectivity index (χ3n) is 5.57. The summed E-state index contributed by atoms with van der Waals surface area (Å²) in [5, 5.41) is 15.9. The molecule has 27 heavy (non-hydrogen) atoms. The second-order valence-electron chi connectivity index (χ2n) is 7.62. The lowest BCUT2D eigenvalue weighted by Crippen LogP contribution is -2.47. The van der Waals surface area contributed by atoms with Crippen molar-refractivity contribution in [2.45, 2.75) is 25.5 Å². The Bertz CT molecular complexity index is 631. The van der Waals surface area contributed by atoms with Crippen LogP contribution < -0.4 is 10.6 Å². The molecule has 0 saturated carbocycles. The third kappa shape index (κ3) is 5.20. The van der Waals surface area contributed by atoms with Crippen LogP contribution in [0, 0.1) is 11.8 Å². The summed E-state index contributed by atoms with van der Waals surface area (Å²) in [4.78, 5) is 28.6. The molecule has 3 N–H and O–H groups in total. The molecule has 0 aliphatic carbocycles. The standard InChI is InChI=1S/C20H30N4O3/c1-23(14-15-5-3-2-4-6-15)20(27)24-9-7-16(8-10-24)19(26)22-12-17-11-21-13-18(17)25/h2-6,16-18,21,25H,7-14H2,1H3,(H,22,26). The number of likely N-dealkylation sites (tertiary alicyclic amines) is 1. The number of nitrogens with zero attached hydrogens (tertiary/aromatic N) is 2. The van der Waals surface area contributed by atoms with Gasteiger partial charge in [0.25, 0.3) is 0 Å². The van der Waals surface area contributed by atoms with Gasteiger partial charge in [0.2, 0.25) is 5.91 Å². The van der Waals surface area contributed by atoms with Gasteiger partial charge in [-0.2, -0.15) is 0 Å². The van der Waals surface area contributed by atoms with Crippen LogP contribution in [0.25, 0.3) is 0 Å². The van der Waals surface area contributed by atoms with Gasteiger partial charge in [0.15, 0.2) is 0 Å². The van der Waals surface area contributed by atoms with E-state index in [-0.39, 0.29) is 29.9 Å². The summed E-state index contributed by atoms with van der Waals surface area (Å²) in [6.45, 7) is 3.62. The molecular formula is C20H30N4O3. The second-order valence-corrected chi connectivity index (χ2v) is 7.62. The Hall–Kier alpha value is -2.12. The second kappa shape index (κ2) is 9.19. The number of piperidine rings is 1. The van der Waals surface area contributed by atoms with Gasteiger partial charge in [-0.25, -0.2) is 4.79 Å². The fraction of sp³-hybridized carbons (Fsp3) is 0.600. The number of rotatable bonds is 5. The van der Waals surface area contributed by atoms with Crippen molar-refractivity contribution in [1.29, 1.82) is 0 Å². The van der Waals surface area contributed by atoms with Gasteiger partial charge < -0.3 is 25.5 Å². The van der Waals surface area contributed by atoms with Gasteiger partial charge in [-0.3, -0.25) is 4.79 Å². The number of benzene rings is 1. The Morgan fingerprint density at radius 2 is 1.93 bits per heavy atom. The quantitative estimate of drug-likeness (QED) is 0.706. The molecule has 2 heterocycles. The lowest BCUT2D eigenvalue weighted by molar-refractivity contribution is -0.126. The molecule has 2 unspecified atom stereocenters. The van der Waals surface area contributed by atoms with Crippen LogP contribution in [-0.2, 0) is 11.3 Å². The minimum atomic E-state index is -0.384. The number of β-amino-alcohol motifs (C(OH)–C–C–N with tert-alkyl or cyclic N) is 1. The van der Waals surface area contributed by atoms with Crippen molar-refractivity contribution in [3.8, 4) is 0 Å². The molecule has 3 amide bonds. The molecule has 7 heteroatoms. The highest BCUT2D eigenvalue weighted by Gasteiger charge is 2.30. The molecule has 2 atom stereocenters. The van der Waals surface area contributed by atoms with E-state index in [1.807, 2.05) is 42.3 Å². The SMILES string of the molecule is CN(Cc1ccccc1)C(=O)N1CCC(C(=O)NCC2CNCC2O)CC1. The van der Waals surface area contributed by atoms with Gasteiger partial charge in [-0.05, 0) is 18.4 Å². The van der Waals surface area contributed by atoms with Crippen LogP contribution in [-0.4, -0.2) is 72.7 Å². The molecule has 7 nitrogen and oxygen atoms in total. The molecule has 3 rings (SSSR count). The van der Waals surface area contributed by atoms with E-state index in [0.717, 1.165) is 12.1 Å². The van der Waals surface area contributed by atoms with E-state index in [1.54, 1.807) is 4.90 Å². The first-order valence-corrected chi connectivity index (χ1v) is 9.75. The van der Waals surface area contributed by atoms with E-state index in [2.05, 4.69) is 10.6 Å². The Labute approximate surface area is 160 Å². The van der Waals surface area contributed by atoms with E-state index >= 15 is 0 Å². The lowest BCUT2D eigenvalue weighted by Gasteiger charge is -2.34. The highest BCUT2D eigenvalue weighted by Crippen LogP contribution is 2.19. The summed E-state index contributed by atoms with van der Waals surface area (Å²) >= 11 is 0. The van der Waals surface area contributed by atoms with E-state index in [0.29, 0.717) is 45.6 Å². The molecule has 148 valence electrons. The predicted molar refractivity (Wildman–Crippen MR) is 103 cm³/mol. The minimum Gasteiger partial charge on any atom is -0.391 e. The Morgan fingerprint density at radius 3 is 2.56 bits per heavy atom. The molecule has 2 saturated heterocycles. The number of urea groups is 1. The monoisotopic (exact) mass is 374 g/mol. The first-order chi connectivity index (χ1) is 13.0. The number of carbonyl (C=O) groups is 2. The topological polar surface area (TPSA) is 84.9 Å². The number of nitrogens with one attached hydrogen (secondary N) is 2. The lowest BCUT2D eigenvalue weighted by atomic mass is 9.95. The van der Waals surface area contributed by atoms with Crippen molar-refractivity contribution in [1.82, 2.24) is 20.4 Å².